The van der Waals surface area contributed by atoms with Gasteiger partial charge < -0.3 is 39.9 Å². The van der Waals surface area contributed by atoms with Gasteiger partial charge >= 0.3 is 12.2 Å². The summed E-state index contributed by atoms with van der Waals surface area (Å²) in [4.78, 5) is 73.1. The SMILES string of the molecule is COC(=O)N[C@H](C(=O)N1[C@@H](C)CC[C@H]1c1ncc(-c2ccc(-c3ccc4cc(-c5cnc([C@@H]6CC[C@H](C)N6C(=O)[C@@H](NC(=O)OC)C6CCC(F)(F)CC6)[nH]5)ccc4c3)cc2)[nH]1)C1CCC(F)(F)CC1. The number of rotatable bonds is 11. The molecule has 0 radical (unpaired) electrons. The maximum Gasteiger partial charge on any atom is 0.407 e. The van der Waals surface area contributed by atoms with E-state index >= 15 is 0 Å². The summed E-state index contributed by atoms with van der Waals surface area (Å²) in [6.45, 7) is 3.90. The third kappa shape index (κ3) is 10.1. The first-order valence-corrected chi connectivity index (χ1v) is 24.3. The van der Waals surface area contributed by atoms with Gasteiger partial charge in [0.05, 0.1) is 50.1 Å². The second-order valence-electron chi connectivity index (χ2n) is 19.7. The predicted molar refractivity (Wildman–Crippen MR) is 254 cm³/mol. The summed E-state index contributed by atoms with van der Waals surface area (Å²) >= 11 is 0. The maximum atomic E-state index is 14.3. The van der Waals surface area contributed by atoms with Gasteiger partial charge in [0.15, 0.2) is 0 Å². The highest BCUT2D eigenvalue weighted by atomic mass is 19.3. The van der Waals surface area contributed by atoms with Gasteiger partial charge in [-0.25, -0.2) is 37.1 Å². The molecule has 2 aromatic heterocycles. The monoisotopic (exact) mass is 968 g/mol. The smallest absolute Gasteiger partial charge is 0.407 e. The number of ether oxygens (including phenoxy) is 2. The summed E-state index contributed by atoms with van der Waals surface area (Å²) in [5.74, 6) is -5.88. The summed E-state index contributed by atoms with van der Waals surface area (Å²) in [7, 11) is 2.42. The molecule has 4 N–H and O–H groups in total. The normalized spacial score (nSPS) is 23.5. The molecule has 4 amide bonds. The largest absolute Gasteiger partial charge is 0.453 e. The fraction of sp³-hybridized carbons (Fsp3) is 0.500. The van der Waals surface area contributed by atoms with Crippen molar-refractivity contribution in [2.75, 3.05) is 14.2 Å². The molecule has 2 saturated heterocycles. The molecule has 6 atom stereocenters. The van der Waals surface area contributed by atoms with Crippen LogP contribution in [0.4, 0.5) is 27.2 Å². The molecule has 4 fully saturated rings. The van der Waals surface area contributed by atoms with Crippen molar-refractivity contribution in [1.29, 1.82) is 0 Å². The number of imidazole rings is 2. The number of carbonyl (C=O) groups is 4. The van der Waals surface area contributed by atoms with E-state index in [0.29, 0.717) is 37.3 Å². The van der Waals surface area contributed by atoms with E-state index in [4.69, 9.17) is 19.4 Å². The number of nitrogens with zero attached hydrogens (tertiary/aromatic N) is 4. The molecule has 4 heterocycles. The molecular weight excluding hydrogens is 909 g/mol. The van der Waals surface area contributed by atoms with E-state index in [-0.39, 0.29) is 81.3 Å². The highest BCUT2D eigenvalue weighted by molar-refractivity contribution is 5.91. The Morgan fingerprint density at radius 2 is 0.957 bits per heavy atom. The zero-order valence-electron chi connectivity index (χ0n) is 39.8. The van der Waals surface area contributed by atoms with Crippen LogP contribution in [0.5, 0.6) is 0 Å². The summed E-state index contributed by atoms with van der Waals surface area (Å²) < 4.78 is 66.0. The Morgan fingerprint density at radius 1 is 0.571 bits per heavy atom. The number of fused-ring (bicyclic) bond motifs is 1. The second kappa shape index (κ2) is 19.7. The molecule has 372 valence electrons. The number of aromatic nitrogens is 4. The number of carbonyl (C=O) groups excluding carboxylic acids is 4. The van der Waals surface area contributed by atoms with Crippen molar-refractivity contribution in [1.82, 2.24) is 40.4 Å². The van der Waals surface area contributed by atoms with Gasteiger partial charge in [-0.3, -0.25) is 9.59 Å². The topological polar surface area (TPSA) is 175 Å². The van der Waals surface area contributed by atoms with Crippen molar-refractivity contribution < 1.29 is 46.2 Å². The Labute approximate surface area is 403 Å². The van der Waals surface area contributed by atoms with E-state index in [1.165, 1.54) is 14.2 Å². The maximum absolute atomic E-state index is 14.3. The molecule has 2 aliphatic carbocycles. The van der Waals surface area contributed by atoms with Crippen LogP contribution in [-0.2, 0) is 19.1 Å². The minimum Gasteiger partial charge on any atom is -0.453 e. The average Bonchev–Trinajstić information content (AvgIpc) is 4.19. The molecule has 14 nitrogen and oxygen atoms in total. The van der Waals surface area contributed by atoms with Crippen LogP contribution >= 0.6 is 0 Å². The van der Waals surface area contributed by atoms with E-state index < -0.39 is 54.0 Å². The third-order valence-corrected chi connectivity index (χ3v) is 15.3. The van der Waals surface area contributed by atoms with Crippen molar-refractivity contribution in [3.63, 3.8) is 0 Å². The fourth-order valence-corrected chi connectivity index (χ4v) is 11.2. The summed E-state index contributed by atoms with van der Waals surface area (Å²) in [5.41, 5.74) is 5.39. The zero-order chi connectivity index (χ0) is 49.5. The third-order valence-electron chi connectivity index (χ3n) is 15.3. The lowest BCUT2D eigenvalue weighted by atomic mass is 9.81. The van der Waals surface area contributed by atoms with Crippen LogP contribution < -0.4 is 10.6 Å². The number of hydrogen-bond acceptors (Lipinski definition) is 8. The highest BCUT2D eigenvalue weighted by Crippen LogP contribution is 2.43. The second-order valence-corrected chi connectivity index (χ2v) is 19.7. The van der Waals surface area contributed by atoms with Gasteiger partial charge in [-0.05, 0) is 117 Å². The van der Waals surface area contributed by atoms with E-state index in [1.807, 2.05) is 44.2 Å². The lowest BCUT2D eigenvalue weighted by molar-refractivity contribution is -0.140. The number of hydrogen-bond donors (Lipinski definition) is 4. The van der Waals surface area contributed by atoms with Crippen LogP contribution in [0.15, 0.2) is 73.1 Å². The van der Waals surface area contributed by atoms with Crippen LogP contribution in [0.1, 0.15) is 115 Å². The number of alkyl halides is 4. The molecule has 5 aromatic rings. The number of methoxy groups -OCH3 is 2. The number of nitrogens with one attached hydrogen (secondary N) is 4. The highest BCUT2D eigenvalue weighted by Gasteiger charge is 2.47. The number of amides is 4. The molecule has 2 aliphatic heterocycles. The predicted octanol–water partition coefficient (Wildman–Crippen LogP) is 10.5. The summed E-state index contributed by atoms with van der Waals surface area (Å²) in [5, 5.41) is 7.38. The van der Waals surface area contributed by atoms with Gasteiger partial charge in [0.2, 0.25) is 23.7 Å². The van der Waals surface area contributed by atoms with Crippen LogP contribution in [0, 0.1) is 11.8 Å². The molecule has 3 aromatic carbocycles. The van der Waals surface area contributed by atoms with Crippen molar-refractivity contribution in [3.8, 4) is 33.6 Å². The number of aromatic amines is 2. The van der Waals surface area contributed by atoms with Crippen molar-refractivity contribution in [3.05, 3.63) is 84.7 Å². The molecule has 0 bridgehead atoms. The molecule has 9 rings (SSSR count). The molecular formula is C52H60F4N8O6. The first kappa shape index (κ1) is 48.6. The lowest BCUT2D eigenvalue weighted by Crippen LogP contribution is -2.54. The molecule has 2 saturated carbocycles. The number of H-pyrrole nitrogens is 2. The van der Waals surface area contributed by atoms with E-state index in [0.717, 1.165) is 44.4 Å². The van der Waals surface area contributed by atoms with E-state index in [1.54, 1.807) is 22.2 Å². The lowest BCUT2D eigenvalue weighted by Gasteiger charge is -2.37. The Morgan fingerprint density at radius 3 is 1.40 bits per heavy atom. The van der Waals surface area contributed by atoms with E-state index in [9.17, 15) is 36.7 Å². The van der Waals surface area contributed by atoms with Gasteiger partial charge in [-0.1, -0.05) is 48.5 Å². The zero-order valence-corrected chi connectivity index (χ0v) is 39.8. The van der Waals surface area contributed by atoms with Gasteiger partial charge in [0.1, 0.15) is 23.7 Å². The Balaban J connectivity index is 0.872. The first-order valence-electron chi connectivity index (χ1n) is 24.3. The van der Waals surface area contributed by atoms with Crippen molar-refractivity contribution in [2.45, 2.75) is 139 Å². The standard InChI is InChI=1S/C52H60F4N8O6/c1-29-5-15-41(63(29)47(65)43(61-49(67)69-3)33-17-21-51(53,54)22-18-33)45-57-27-39(59-45)32-9-7-31(8-10-32)35-11-12-37-26-38(14-13-36(37)25-35)40-28-58-46(60-40)42-16-6-30(2)64(42)48(66)44(62-50(68)70-4)34-19-23-52(55,56)24-20-34/h7-14,25-30,33-34,41-44H,5-6,15-24H2,1-4H3,(H,57,59)(H,58,60)(H,61,67)(H,62,68)/t29-,30-,41-,42-,43-,44-/m0/s1. The molecule has 70 heavy (non-hydrogen) atoms. The van der Waals surface area contributed by atoms with Gasteiger partial charge in [-0.15, -0.1) is 0 Å². The molecule has 4 aliphatic rings. The van der Waals surface area contributed by atoms with Gasteiger partial charge in [0, 0.05) is 43.3 Å². The van der Waals surface area contributed by atoms with Crippen molar-refractivity contribution >= 4 is 34.8 Å². The number of benzene rings is 3. The molecule has 0 spiro atoms. The van der Waals surface area contributed by atoms with Crippen LogP contribution in [0.25, 0.3) is 44.4 Å². The Bertz CT molecular complexity index is 2710. The first-order chi connectivity index (χ1) is 33.5. The molecule has 18 heteroatoms. The minimum atomic E-state index is -2.78. The van der Waals surface area contributed by atoms with Gasteiger partial charge in [-0.2, -0.15) is 0 Å². The van der Waals surface area contributed by atoms with Crippen LogP contribution in [0.3, 0.4) is 0 Å². The van der Waals surface area contributed by atoms with Gasteiger partial charge in [0.25, 0.3) is 0 Å². The Kier molecular flexibility index (Phi) is 13.7. The number of likely N-dealkylation sites (tertiary alicyclic amines) is 2. The average molecular weight is 969 g/mol. The van der Waals surface area contributed by atoms with E-state index in [2.05, 4.69) is 50.9 Å². The summed E-state index contributed by atoms with van der Waals surface area (Å²) in [6, 6.07) is 17.4. The molecule has 0 unspecified atom stereocenters. The fourth-order valence-electron chi connectivity index (χ4n) is 11.2. The Hall–Kier alpha value is -6.46. The van der Waals surface area contributed by atoms with Crippen LogP contribution in [0.2, 0.25) is 0 Å². The quantitative estimate of drug-likeness (QED) is 0.0946. The minimum absolute atomic E-state index is 0.113. The van der Waals surface area contributed by atoms with Crippen LogP contribution in [-0.4, -0.2) is 104 Å². The number of halogens is 4. The summed E-state index contributed by atoms with van der Waals surface area (Å²) in [6.07, 6.45) is 3.77. The van der Waals surface area contributed by atoms with Crippen molar-refractivity contribution in [2.24, 2.45) is 11.8 Å². The number of alkyl carbamates (subject to hydrolysis) is 2.